The molecule has 2 unspecified atom stereocenters. The number of hydrogen-bond acceptors (Lipinski definition) is 5. The van der Waals surface area contributed by atoms with E-state index in [1.54, 1.807) is 0 Å². The summed E-state index contributed by atoms with van der Waals surface area (Å²) >= 11 is 0. The van der Waals surface area contributed by atoms with Crippen molar-refractivity contribution in [3.05, 3.63) is 18.2 Å². The van der Waals surface area contributed by atoms with E-state index in [1.165, 1.54) is 12.4 Å². The van der Waals surface area contributed by atoms with Crippen molar-refractivity contribution in [3.8, 4) is 0 Å². The summed E-state index contributed by atoms with van der Waals surface area (Å²) < 4.78 is 14.9. The van der Waals surface area contributed by atoms with Crippen molar-refractivity contribution in [1.29, 1.82) is 0 Å². The zero-order valence-electron chi connectivity index (χ0n) is 7.52. The minimum Gasteiger partial charge on any atom is -0.394 e. The van der Waals surface area contributed by atoms with Gasteiger partial charge in [-0.3, -0.25) is 4.52 Å². The molecular formula is C6H11N2O6P. The number of aromatic amines is 1. The molecule has 0 aliphatic heterocycles. The molecule has 8 nitrogen and oxygen atoms in total. The van der Waals surface area contributed by atoms with Gasteiger partial charge in [0, 0.05) is 12.4 Å². The Morgan fingerprint density at radius 2 is 2.27 bits per heavy atom. The van der Waals surface area contributed by atoms with Crippen LogP contribution >= 0.6 is 7.82 Å². The zero-order valence-corrected chi connectivity index (χ0v) is 8.41. The number of H-pyrrole nitrogens is 1. The molecule has 9 heteroatoms. The van der Waals surface area contributed by atoms with E-state index in [1.807, 2.05) is 0 Å². The number of aliphatic hydroxyl groups excluding tert-OH is 2. The molecule has 0 saturated heterocycles. The van der Waals surface area contributed by atoms with Crippen LogP contribution in [0.4, 0.5) is 0 Å². The van der Waals surface area contributed by atoms with E-state index in [0.717, 1.165) is 0 Å². The lowest BCUT2D eigenvalue weighted by atomic mass is 10.2. The fourth-order valence-electron chi connectivity index (χ4n) is 0.979. The first kappa shape index (κ1) is 12.3. The Morgan fingerprint density at radius 1 is 1.60 bits per heavy atom. The van der Waals surface area contributed by atoms with Crippen LogP contribution in [0.2, 0.25) is 0 Å². The van der Waals surface area contributed by atoms with E-state index in [9.17, 15) is 9.67 Å². The average Bonchev–Trinajstić information content (AvgIpc) is 2.64. The van der Waals surface area contributed by atoms with Crippen LogP contribution < -0.4 is 0 Å². The predicted octanol–water partition coefficient (Wildman–Crippen LogP) is -1.09. The molecule has 0 saturated carbocycles. The number of nitrogens with one attached hydrogen (secondary N) is 1. The van der Waals surface area contributed by atoms with E-state index in [4.69, 9.17) is 14.9 Å². The van der Waals surface area contributed by atoms with E-state index in [-0.39, 0.29) is 5.82 Å². The molecular weight excluding hydrogens is 227 g/mol. The lowest BCUT2D eigenvalue weighted by molar-refractivity contribution is -0.0184. The van der Waals surface area contributed by atoms with Crippen LogP contribution in [-0.4, -0.2) is 42.7 Å². The van der Waals surface area contributed by atoms with Crippen molar-refractivity contribution in [2.24, 2.45) is 0 Å². The van der Waals surface area contributed by atoms with Gasteiger partial charge >= 0.3 is 7.82 Å². The number of aliphatic hydroxyl groups is 2. The van der Waals surface area contributed by atoms with Gasteiger partial charge in [-0.2, -0.15) is 0 Å². The Bertz CT molecular complexity index is 335. The van der Waals surface area contributed by atoms with Crippen LogP contribution in [0.5, 0.6) is 0 Å². The molecule has 0 aromatic carbocycles. The summed E-state index contributed by atoms with van der Waals surface area (Å²) in [7, 11) is -4.76. The van der Waals surface area contributed by atoms with Crippen LogP contribution in [0.3, 0.4) is 0 Å². The van der Waals surface area contributed by atoms with Gasteiger partial charge in [-0.1, -0.05) is 0 Å². The quantitative estimate of drug-likeness (QED) is 0.411. The van der Waals surface area contributed by atoms with Gasteiger partial charge in [0.25, 0.3) is 0 Å². The molecule has 0 aliphatic carbocycles. The van der Waals surface area contributed by atoms with Crippen LogP contribution in [0.15, 0.2) is 12.4 Å². The summed E-state index contributed by atoms with van der Waals surface area (Å²) in [6.45, 7) is -0.703. The lowest BCUT2D eigenvalue weighted by Gasteiger charge is -2.19. The highest BCUT2D eigenvalue weighted by Crippen LogP contribution is 2.42. The summed E-state index contributed by atoms with van der Waals surface area (Å²) in [6, 6.07) is 0. The van der Waals surface area contributed by atoms with E-state index in [0.29, 0.717) is 0 Å². The van der Waals surface area contributed by atoms with Crippen molar-refractivity contribution in [2.45, 2.75) is 12.2 Å². The monoisotopic (exact) mass is 238 g/mol. The predicted molar refractivity (Wildman–Crippen MR) is 47.6 cm³/mol. The third-order valence-electron chi connectivity index (χ3n) is 1.58. The summed E-state index contributed by atoms with van der Waals surface area (Å²) in [4.78, 5) is 23.4. The van der Waals surface area contributed by atoms with E-state index in [2.05, 4.69) is 14.5 Å². The van der Waals surface area contributed by atoms with Gasteiger partial charge in [0.05, 0.1) is 6.61 Å². The molecule has 0 fully saturated rings. The number of aromatic nitrogens is 2. The second kappa shape index (κ2) is 4.84. The van der Waals surface area contributed by atoms with Gasteiger partial charge in [-0.25, -0.2) is 9.55 Å². The molecule has 0 bridgehead atoms. The third-order valence-corrected chi connectivity index (χ3v) is 2.08. The van der Waals surface area contributed by atoms with Crippen LogP contribution in [0.1, 0.15) is 11.9 Å². The second-order valence-electron chi connectivity index (χ2n) is 2.74. The molecule has 2 atom stereocenters. The molecule has 1 aromatic rings. The van der Waals surface area contributed by atoms with Crippen LogP contribution in [0.25, 0.3) is 0 Å². The van der Waals surface area contributed by atoms with Crippen molar-refractivity contribution < 1.29 is 29.1 Å². The first-order valence-corrected chi connectivity index (χ1v) is 5.49. The van der Waals surface area contributed by atoms with Gasteiger partial charge in [-0.15, -0.1) is 0 Å². The van der Waals surface area contributed by atoms with Gasteiger partial charge in [0.2, 0.25) is 0 Å². The van der Waals surface area contributed by atoms with Gasteiger partial charge < -0.3 is 25.0 Å². The van der Waals surface area contributed by atoms with Gasteiger partial charge in [-0.05, 0) is 0 Å². The van der Waals surface area contributed by atoms with Crippen LogP contribution in [-0.2, 0) is 9.09 Å². The zero-order chi connectivity index (χ0) is 11.5. The Labute approximate surface area is 84.8 Å². The first-order chi connectivity index (χ1) is 6.94. The van der Waals surface area contributed by atoms with Gasteiger partial charge in [0.1, 0.15) is 11.9 Å². The minimum atomic E-state index is -4.76. The largest absolute Gasteiger partial charge is 0.470 e. The molecule has 15 heavy (non-hydrogen) atoms. The summed E-state index contributed by atoms with van der Waals surface area (Å²) in [5, 5.41) is 18.0. The molecule has 1 heterocycles. The fourth-order valence-corrected chi connectivity index (χ4v) is 1.52. The summed E-state index contributed by atoms with van der Waals surface area (Å²) in [5.41, 5.74) is 0. The molecule has 0 radical (unpaired) electrons. The summed E-state index contributed by atoms with van der Waals surface area (Å²) in [6.07, 6.45) is -0.139. The standard InChI is InChI=1S/C6H11N2O6P/c9-3-4(10)5(14-15(11,12)13)6-7-1-2-8-6/h1-2,4-5,9-10H,3H2,(H,7,8)(H2,11,12,13). The highest BCUT2D eigenvalue weighted by Gasteiger charge is 2.31. The average molecular weight is 238 g/mol. The summed E-state index contributed by atoms with van der Waals surface area (Å²) in [5.74, 6) is 0.0277. The number of hydrogen-bond donors (Lipinski definition) is 5. The Kier molecular flexibility index (Phi) is 3.97. The second-order valence-corrected chi connectivity index (χ2v) is 3.93. The van der Waals surface area contributed by atoms with E-state index < -0.39 is 26.6 Å². The number of imidazole rings is 1. The van der Waals surface area contributed by atoms with Crippen molar-refractivity contribution in [1.82, 2.24) is 9.97 Å². The minimum absolute atomic E-state index is 0.0277. The Hall–Kier alpha value is -0.760. The van der Waals surface area contributed by atoms with E-state index >= 15 is 0 Å². The van der Waals surface area contributed by atoms with Crippen molar-refractivity contribution in [3.63, 3.8) is 0 Å². The molecule has 1 rings (SSSR count). The maximum absolute atomic E-state index is 10.6. The van der Waals surface area contributed by atoms with Crippen molar-refractivity contribution >= 4 is 7.82 Å². The maximum Gasteiger partial charge on any atom is 0.470 e. The molecule has 86 valence electrons. The fraction of sp³-hybridized carbons (Fsp3) is 0.500. The molecule has 0 aliphatic rings. The molecule has 0 amide bonds. The smallest absolute Gasteiger partial charge is 0.394 e. The van der Waals surface area contributed by atoms with Crippen LogP contribution in [0, 0.1) is 0 Å². The first-order valence-electron chi connectivity index (χ1n) is 3.96. The topological polar surface area (TPSA) is 136 Å². The lowest BCUT2D eigenvalue weighted by Crippen LogP contribution is -2.25. The number of rotatable bonds is 5. The third kappa shape index (κ3) is 3.71. The number of nitrogens with zero attached hydrogens (tertiary/aromatic N) is 1. The number of phosphoric acid groups is 1. The SMILES string of the molecule is O=P(O)(O)OC(c1ncc[nH]1)C(O)CO. The number of phosphoric ester groups is 1. The Balaban J connectivity index is 2.84. The molecule has 0 spiro atoms. The van der Waals surface area contributed by atoms with Gasteiger partial charge in [0.15, 0.2) is 6.10 Å². The highest BCUT2D eigenvalue weighted by atomic mass is 31.2. The highest BCUT2D eigenvalue weighted by molar-refractivity contribution is 7.46. The maximum atomic E-state index is 10.6. The molecule has 1 aromatic heterocycles. The Morgan fingerprint density at radius 3 is 2.67 bits per heavy atom. The molecule has 5 N–H and O–H groups in total. The van der Waals surface area contributed by atoms with Crippen molar-refractivity contribution in [2.75, 3.05) is 6.61 Å². The normalized spacial score (nSPS) is 16.3.